The van der Waals surface area contributed by atoms with E-state index < -0.39 is 0 Å². The summed E-state index contributed by atoms with van der Waals surface area (Å²) in [6, 6.07) is 12.0. The van der Waals surface area contributed by atoms with Gasteiger partial charge in [-0.1, -0.05) is 91.8 Å². The highest BCUT2D eigenvalue weighted by Crippen LogP contribution is 2.33. The van der Waals surface area contributed by atoms with Gasteiger partial charge in [-0.05, 0) is 45.9 Å². The third-order valence-corrected chi connectivity index (χ3v) is 5.13. The summed E-state index contributed by atoms with van der Waals surface area (Å²) in [5, 5.41) is 19.9. The van der Waals surface area contributed by atoms with Crippen molar-refractivity contribution in [2.24, 2.45) is 0 Å². The Kier molecular flexibility index (Phi) is 13.5. The molecule has 5 heteroatoms. The molecule has 1 aromatic heterocycles. The molecule has 178 valence electrons. The number of imidazole rings is 1. The molecule has 0 aliphatic rings. The molecule has 0 spiro atoms. The topological polar surface area (TPSA) is 70.4 Å². The largest absolute Gasteiger partial charge is 1.00 e. The summed E-state index contributed by atoms with van der Waals surface area (Å²) in [6.07, 6.45) is 5.39. The summed E-state index contributed by atoms with van der Waals surface area (Å²) in [7, 11) is 0. The highest BCUT2D eigenvalue weighted by atomic mass is 35.5. The maximum atomic E-state index is 9.93. The first-order valence-corrected chi connectivity index (χ1v) is 11.2. The molecule has 0 aliphatic carbocycles. The first-order valence-electron chi connectivity index (χ1n) is 11.2. The third kappa shape index (κ3) is 8.96. The van der Waals surface area contributed by atoms with Gasteiger partial charge in [0.05, 0.1) is 0 Å². The molecule has 1 heterocycles. The highest BCUT2D eigenvalue weighted by molar-refractivity contribution is 5.44. The molecule has 0 fully saturated rings. The molecule has 0 unspecified atom stereocenters. The van der Waals surface area contributed by atoms with Crippen LogP contribution in [0.15, 0.2) is 55.1 Å². The first-order chi connectivity index (χ1) is 14.6. The van der Waals surface area contributed by atoms with Gasteiger partial charge in [-0.3, -0.25) is 9.97 Å². The number of rotatable bonds is 4. The minimum absolute atomic E-state index is 0. The SMILES string of the molecule is CC(C)c1cccc(C(C)C)c1O.CC(C)c1cccc(C(C)C)c1O.[Cl-].c1c[nH+]c[nH]1. The van der Waals surface area contributed by atoms with E-state index >= 15 is 0 Å². The van der Waals surface area contributed by atoms with Gasteiger partial charge in [-0.2, -0.15) is 0 Å². The Balaban J connectivity index is 0.000000482. The number of phenolic OH excluding ortho intramolecular Hbond substituents is 2. The van der Waals surface area contributed by atoms with Crippen molar-refractivity contribution in [2.45, 2.75) is 79.1 Å². The zero-order valence-electron chi connectivity index (χ0n) is 20.8. The van der Waals surface area contributed by atoms with Crippen molar-refractivity contribution < 1.29 is 27.6 Å². The second kappa shape index (κ2) is 14.6. The minimum atomic E-state index is 0. The zero-order chi connectivity index (χ0) is 23.6. The average Bonchev–Trinajstić information content (AvgIpc) is 3.28. The normalized spacial score (nSPS) is 10.4. The molecule has 0 amide bonds. The fraction of sp³-hybridized carbons (Fsp3) is 0.444. The Labute approximate surface area is 200 Å². The summed E-state index contributed by atoms with van der Waals surface area (Å²) in [4.78, 5) is 5.61. The number of nitrogens with one attached hydrogen (secondary N) is 2. The molecule has 3 aromatic rings. The monoisotopic (exact) mass is 460 g/mol. The highest BCUT2D eigenvalue weighted by Gasteiger charge is 2.12. The number of hydrogen-bond donors (Lipinski definition) is 3. The van der Waals surface area contributed by atoms with E-state index in [-0.39, 0.29) is 12.4 Å². The van der Waals surface area contributed by atoms with Crippen molar-refractivity contribution in [2.75, 3.05) is 0 Å². The smallest absolute Gasteiger partial charge is 0.239 e. The van der Waals surface area contributed by atoms with E-state index in [1.807, 2.05) is 48.8 Å². The van der Waals surface area contributed by atoms with Crippen LogP contribution >= 0.6 is 0 Å². The summed E-state index contributed by atoms with van der Waals surface area (Å²) in [5.74, 6) is 2.51. The molecule has 4 N–H and O–H groups in total. The first kappa shape index (κ1) is 29.5. The maximum absolute atomic E-state index is 9.93. The van der Waals surface area contributed by atoms with Crippen molar-refractivity contribution in [3.8, 4) is 11.5 Å². The fourth-order valence-electron chi connectivity index (χ4n) is 3.26. The Hall–Kier alpha value is -2.46. The number of H-pyrrole nitrogens is 2. The van der Waals surface area contributed by atoms with Gasteiger partial charge in [-0.15, -0.1) is 0 Å². The minimum Gasteiger partial charge on any atom is -1.00 e. The lowest BCUT2D eigenvalue weighted by Gasteiger charge is -2.14. The van der Waals surface area contributed by atoms with Gasteiger partial charge in [0.15, 0.2) is 0 Å². The number of phenols is 2. The summed E-state index contributed by atoms with van der Waals surface area (Å²) >= 11 is 0. The van der Waals surface area contributed by atoms with E-state index in [0.29, 0.717) is 35.2 Å². The predicted molar refractivity (Wildman–Crippen MR) is 130 cm³/mol. The number of aromatic amines is 2. The van der Waals surface area contributed by atoms with E-state index in [1.54, 1.807) is 6.33 Å². The molecule has 3 rings (SSSR count). The Morgan fingerprint density at radius 2 is 0.938 bits per heavy atom. The van der Waals surface area contributed by atoms with Crippen molar-refractivity contribution >= 4 is 0 Å². The van der Waals surface area contributed by atoms with Crippen LogP contribution in [0, 0.1) is 0 Å². The number of para-hydroxylation sites is 2. The van der Waals surface area contributed by atoms with E-state index in [2.05, 4.69) is 65.4 Å². The van der Waals surface area contributed by atoms with E-state index in [1.165, 1.54) is 0 Å². The Morgan fingerprint density at radius 3 is 1.09 bits per heavy atom. The van der Waals surface area contributed by atoms with E-state index in [9.17, 15) is 10.2 Å². The molecule has 0 radical (unpaired) electrons. The Morgan fingerprint density at radius 1 is 0.625 bits per heavy atom. The van der Waals surface area contributed by atoms with Crippen LogP contribution in [-0.4, -0.2) is 15.2 Å². The summed E-state index contributed by atoms with van der Waals surface area (Å²) in [5.41, 5.74) is 4.19. The van der Waals surface area contributed by atoms with Gasteiger partial charge < -0.3 is 22.6 Å². The molecule has 4 nitrogen and oxygen atoms in total. The quantitative estimate of drug-likeness (QED) is 0.548. The maximum Gasteiger partial charge on any atom is 0.239 e. The van der Waals surface area contributed by atoms with Gasteiger partial charge in [0.25, 0.3) is 0 Å². The van der Waals surface area contributed by atoms with Gasteiger partial charge in [-0.25, -0.2) is 0 Å². The molecular weight excluding hydrogens is 420 g/mol. The molecule has 0 aliphatic heterocycles. The van der Waals surface area contributed by atoms with Crippen LogP contribution in [0.5, 0.6) is 11.5 Å². The molecular formula is C27H41ClN2O2. The molecule has 0 saturated carbocycles. The summed E-state index contributed by atoms with van der Waals surface area (Å²) < 4.78 is 0. The third-order valence-electron chi connectivity index (χ3n) is 5.13. The molecule has 0 saturated heterocycles. The lowest BCUT2D eigenvalue weighted by Crippen LogP contribution is -3.00. The Bertz CT molecular complexity index is 757. The van der Waals surface area contributed by atoms with Crippen molar-refractivity contribution in [3.63, 3.8) is 0 Å². The second-order valence-corrected chi connectivity index (χ2v) is 9.00. The number of benzene rings is 2. The van der Waals surface area contributed by atoms with Crippen molar-refractivity contribution in [1.29, 1.82) is 0 Å². The number of halogens is 1. The molecule has 32 heavy (non-hydrogen) atoms. The fourth-order valence-corrected chi connectivity index (χ4v) is 3.26. The average molecular weight is 461 g/mol. The van der Waals surface area contributed by atoms with Crippen molar-refractivity contribution in [3.05, 3.63) is 77.4 Å². The van der Waals surface area contributed by atoms with Gasteiger partial charge in [0.2, 0.25) is 6.33 Å². The second-order valence-electron chi connectivity index (χ2n) is 9.00. The van der Waals surface area contributed by atoms with Crippen LogP contribution in [0.1, 0.15) is 101 Å². The van der Waals surface area contributed by atoms with Crippen molar-refractivity contribution in [1.82, 2.24) is 4.98 Å². The van der Waals surface area contributed by atoms with E-state index in [4.69, 9.17) is 0 Å². The molecule has 0 atom stereocenters. The number of aromatic hydroxyl groups is 2. The van der Waals surface area contributed by atoms with Crippen LogP contribution in [0.4, 0.5) is 0 Å². The van der Waals surface area contributed by atoms with E-state index in [0.717, 1.165) is 22.3 Å². The van der Waals surface area contributed by atoms with Crippen LogP contribution < -0.4 is 17.4 Å². The van der Waals surface area contributed by atoms with Gasteiger partial charge in [0, 0.05) is 0 Å². The van der Waals surface area contributed by atoms with Crippen LogP contribution in [0.2, 0.25) is 0 Å². The van der Waals surface area contributed by atoms with Gasteiger partial charge in [0.1, 0.15) is 23.9 Å². The molecule has 2 aromatic carbocycles. The summed E-state index contributed by atoms with van der Waals surface area (Å²) in [6.45, 7) is 16.8. The van der Waals surface area contributed by atoms with Crippen LogP contribution in [0.25, 0.3) is 0 Å². The lowest BCUT2D eigenvalue weighted by atomic mass is 9.94. The number of aromatic nitrogens is 2. The lowest BCUT2D eigenvalue weighted by molar-refractivity contribution is -0.375. The number of hydrogen-bond acceptors (Lipinski definition) is 2. The zero-order valence-corrected chi connectivity index (χ0v) is 21.5. The standard InChI is InChI=1S/2C12H18O.C3H4N2.ClH/c2*1-8(2)10-6-5-7-11(9(3)4)12(10)13;1-2-5-3-4-1;/h2*5-9,13H,1-4H3;1-3H,(H,4,5);1H. The van der Waals surface area contributed by atoms with Crippen LogP contribution in [0.3, 0.4) is 0 Å². The predicted octanol–water partition coefficient (Wildman–Crippen LogP) is 4.11. The molecule has 0 bridgehead atoms. The van der Waals surface area contributed by atoms with Gasteiger partial charge >= 0.3 is 0 Å². The van der Waals surface area contributed by atoms with Crippen LogP contribution in [-0.2, 0) is 0 Å².